The second-order valence-electron chi connectivity index (χ2n) is 4.44. The third-order valence-electron chi connectivity index (χ3n) is 3.08. The fraction of sp³-hybridized carbons (Fsp3) is 0.188. The van der Waals surface area contributed by atoms with Crippen molar-refractivity contribution in [3.63, 3.8) is 0 Å². The van der Waals surface area contributed by atoms with Crippen molar-refractivity contribution >= 4 is 5.71 Å². The zero-order valence-electron chi connectivity index (χ0n) is 11.2. The topological polar surface area (TPSA) is 40.0 Å². The fourth-order valence-corrected chi connectivity index (χ4v) is 2.10. The summed E-state index contributed by atoms with van der Waals surface area (Å²) in [5, 5.41) is 3.94. The maximum absolute atomic E-state index is 5.76. The average molecular weight is 269 g/mol. The summed E-state index contributed by atoms with van der Waals surface area (Å²) in [6, 6.07) is 15.8. The number of hydrogen-bond acceptors (Lipinski definition) is 4. The molecule has 0 saturated carbocycles. The molecule has 20 heavy (non-hydrogen) atoms. The van der Waals surface area contributed by atoms with Gasteiger partial charge in [0.15, 0.2) is 0 Å². The summed E-state index contributed by atoms with van der Waals surface area (Å²) in [7, 11) is 1.53. The number of rotatable bonds is 4. The fourth-order valence-electron chi connectivity index (χ4n) is 2.10. The predicted octanol–water partition coefficient (Wildman–Crippen LogP) is 3.01. The van der Waals surface area contributed by atoms with Crippen LogP contribution in [0, 0.1) is 0 Å². The molecule has 2 aromatic carbocycles. The van der Waals surface area contributed by atoms with Crippen LogP contribution in [0.5, 0.6) is 11.5 Å². The number of ether oxygens (including phenoxy) is 2. The molecule has 0 aromatic heterocycles. The van der Waals surface area contributed by atoms with Gasteiger partial charge in [-0.05, 0) is 17.7 Å². The molecular weight excluding hydrogens is 254 g/mol. The molecule has 0 bridgehead atoms. The summed E-state index contributed by atoms with van der Waals surface area (Å²) < 4.78 is 11.3. The van der Waals surface area contributed by atoms with Crippen LogP contribution in [-0.2, 0) is 11.4 Å². The lowest BCUT2D eigenvalue weighted by Gasteiger charge is -2.07. The lowest BCUT2D eigenvalue weighted by molar-refractivity contribution is 0.211. The van der Waals surface area contributed by atoms with Gasteiger partial charge in [0, 0.05) is 11.6 Å². The van der Waals surface area contributed by atoms with Gasteiger partial charge in [0.05, 0.1) is 0 Å². The van der Waals surface area contributed by atoms with Gasteiger partial charge in [-0.1, -0.05) is 35.5 Å². The van der Waals surface area contributed by atoms with Crippen molar-refractivity contribution in [1.29, 1.82) is 0 Å². The predicted molar refractivity (Wildman–Crippen MR) is 76.3 cm³/mol. The van der Waals surface area contributed by atoms with Gasteiger partial charge in [0.1, 0.15) is 37.5 Å². The molecule has 4 heteroatoms. The molecule has 1 heterocycles. The normalized spacial score (nSPS) is 14.8. The number of benzene rings is 2. The smallest absolute Gasteiger partial charge is 0.134 e. The van der Waals surface area contributed by atoms with Crippen molar-refractivity contribution in [2.24, 2.45) is 5.16 Å². The lowest BCUT2D eigenvalue weighted by atomic mass is 10.1. The molecule has 0 spiro atoms. The number of hydrogen-bond donors (Lipinski definition) is 0. The van der Waals surface area contributed by atoms with E-state index in [0.717, 1.165) is 28.3 Å². The number of fused-ring (bicyclic) bond motifs is 1. The van der Waals surface area contributed by atoms with Gasteiger partial charge in [-0.25, -0.2) is 0 Å². The number of oxime groups is 1. The van der Waals surface area contributed by atoms with Crippen LogP contribution in [0.15, 0.2) is 53.7 Å². The average Bonchev–Trinajstić information content (AvgIpc) is 2.89. The van der Waals surface area contributed by atoms with E-state index in [9.17, 15) is 0 Å². The van der Waals surface area contributed by atoms with Crippen LogP contribution >= 0.6 is 0 Å². The molecule has 1 aliphatic heterocycles. The number of nitrogens with zero attached hydrogens (tertiary/aromatic N) is 1. The maximum Gasteiger partial charge on any atom is 0.134 e. The molecule has 0 atom stereocenters. The van der Waals surface area contributed by atoms with Crippen molar-refractivity contribution in [2.75, 3.05) is 13.7 Å². The van der Waals surface area contributed by atoms with Crippen molar-refractivity contribution in [3.05, 3.63) is 59.7 Å². The Morgan fingerprint density at radius 1 is 1.15 bits per heavy atom. The molecule has 0 aliphatic carbocycles. The van der Waals surface area contributed by atoms with Gasteiger partial charge in [-0.3, -0.25) is 0 Å². The van der Waals surface area contributed by atoms with Crippen molar-refractivity contribution in [1.82, 2.24) is 0 Å². The van der Waals surface area contributed by atoms with Crippen LogP contribution in [-0.4, -0.2) is 19.4 Å². The molecule has 3 rings (SSSR count). The Labute approximate surface area is 117 Å². The van der Waals surface area contributed by atoms with E-state index in [-0.39, 0.29) is 0 Å². The van der Waals surface area contributed by atoms with E-state index in [0.29, 0.717) is 13.2 Å². The Hall–Kier alpha value is -2.49. The molecule has 0 unspecified atom stereocenters. The minimum Gasteiger partial charge on any atom is -0.489 e. The summed E-state index contributed by atoms with van der Waals surface area (Å²) in [4.78, 5) is 4.79. The van der Waals surface area contributed by atoms with E-state index in [1.807, 2.05) is 48.5 Å². The first-order valence-corrected chi connectivity index (χ1v) is 6.41. The van der Waals surface area contributed by atoms with E-state index < -0.39 is 0 Å². The van der Waals surface area contributed by atoms with Crippen molar-refractivity contribution in [2.45, 2.75) is 6.61 Å². The molecule has 0 fully saturated rings. The molecule has 4 nitrogen and oxygen atoms in total. The van der Waals surface area contributed by atoms with Gasteiger partial charge in [0.2, 0.25) is 0 Å². The highest BCUT2D eigenvalue weighted by Crippen LogP contribution is 2.30. The standard InChI is InChI=1S/C16H15NO3/c1-18-17-15-11-20-16-9-13(7-8-14(15)16)19-10-12-5-3-2-4-6-12/h2-9H,10-11H2,1H3/b17-15+. The van der Waals surface area contributed by atoms with Gasteiger partial charge >= 0.3 is 0 Å². The molecular formula is C16H15NO3. The minimum atomic E-state index is 0.436. The zero-order valence-corrected chi connectivity index (χ0v) is 11.2. The lowest BCUT2D eigenvalue weighted by Crippen LogP contribution is -2.02. The highest BCUT2D eigenvalue weighted by molar-refractivity contribution is 6.06. The molecule has 102 valence electrons. The molecule has 0 amide bonds. The van der Waals surface area contributed by atoms with E-state index >= 15 is 0 Å². The van der Waals surface area contributed by atoms with Gasteiger partial charge in [-0.15, -0.1) is 0 Å². The summed E-state index contributed by atoms with van der Waals surface area (Å²) in [6.07, 6.45) is 0. The first-order valence-electron chi connectivity index (χ1n) is 6.41. The van der Waals surface area contributed by atoms with Crippen LogP contribution in [0.3, 0.4) is 0 Å². The van der Waals surface area contributed by atoms with Crippen LogP contribution < -0.4 is 9.47 Å². The highest BCUT2D eigenvalue weighted by Gasteiger charge is 2.20. The summed E-state index contributed by atoms with van der Waals surface area (Å²) in [6.45, 7) is 0.976. The largest absolute Gasteiger partial charge is 0.489 e. The SMILES string of the molecule is CO/N=C1\COc2cc(OCc3ccccc3)ccc21. The van der Waals surface area contributed by atoms with Crippen LogP contribution in [0.2, 0.25) is 0 Å². The second-order valence-corrected chi connectivity index (χ2v) is 4.44. The molecule has 0 saturated heterocycles. The quantitative estimate of drug-likeness (QED) is 0.801. The Morgan fingerprint density at radius 2 is 2.00 bits per heavy atom. The molecule has 0 N–H and O–H groups in total. The van der Waals surface area contributed by atoms with Crippen molar-refractivity contribution in [3.8, 4) is 11.5 Å². The maximum atomic E-state index is 5.76. The van der Waals surface area contributed by atoms with Crippen LogP contribution in [0.4, 0.5) is 0 Å². The van der Waals surface area contributed by atoms with E-state index in [4.69, 9.17) is 14.3 Å². The van der Waals surface area contributed by atoms with Gasteiger partial charge < -0.3 is 14.3 Å². The minimum absolute atomic E-state index is 0.436. The van der Waals surface area contributed by atoms with Gasteiger partial charge in [-0.2, -0.15) is 0 Å². The molecule has 2 aromatic rings. The molecule has 1 aliphatic rings. The Kier molecular flexibility index (Phi) is 3.54. The Balaban J connectivity index is 1.72. The summed E-state index contributed by atoms with van der Waals surface area (Å²) in [5.41, 5.74) is 2.89. The highest BCUT2D eigenvalue weighted by atomic mass is 16.6. The van der Waals surface area contributed by atoms with Gasteiger partial charge in [0.25, 0.3) is 0 Å². The second kappa shape index (κ2) is 5.65. The van der Waals surface area contributed by atoms with E-state index in [1.54, 1.807) is 0 Å². The summed E-state index contributed by atoms with van der Waals surface area (Å²) in [5.74, 6) is 1.57. The monoisotopic (exact) mass is 269 g/mol. The third kappa shape index (κ3) is 2.59. The van der Waals surface area contributed by atoms with E-state index in [1.165, 1.54) is 7.11 Å². The zero-order chi connectivity index (χ0) is 13.8. The first kappa shape index (κ1) is 12.5. The Bertz CT molecular complexity index is 623. The Morgan fingerprint density at radius 3 is 2.80 bits per heavy atom. The van der Waals surface area contributed by atoms with Crippen molar-refractivity contribution < 1.29 is 14.3 Å². The first-order chi connectivity index (χ1) is 9.86. The summed E-state index contributed by atoms with van der Waals surface area (Å²) >= 11 is 0. The third-order valence-corrected chi connectivity index (χ3v) is 3.08. The molecule has 0 radical (unpaired) electrons. The van der Waals surface area contributed by atoms with Crippen LogP contribution in [0.25, 0.3) is 0 Å². The van der Waals surface area contributed by atoms with E-state index in [2.05, 4.69) is 5.16 Å². The van der Waals surface area contributed by atoms with Crippen LogP contribution in [0.1, 0.15) is 11.1 Å².